The minimum absolute atomic E-state index is 0.0204. The zero-order valence-corrected chi connectivity index (χ0v) is 22.8. The number of carbonyl (C=O) groups excluding carboxylic acids is 3. The Kier molecular flexibility index (Phi) is 6.66. The molecule has 214 valence electrons. The number of rotatable bonds is 7. The maximum Gasteiger partial charge on any atom is 0.332 e. The Labute approximate surface area is 240 Å². The first-order valence-corrected chi connectivity index (χ1v) is 13.4. The average Bonchev–Trinajstić information content (AvgIpc) is 3.48. The van der Waals surface area contributed by atoms with Gasteiger partial charge >= 0.3 is 12.0 Å². The summed E-state index contributed by atoms with van der Waals surface area (Å²) in [5.41, 5.74) is 3.29. The van der Waals surface area contributed by atoms with Gasteiger partial charge in [-0.05, 0) is 48.4 Å². The molecule has 42 heavy (non-hydrogen) atoms. The third kappa shape index (κ3) is 4.25. The second-order valence-corrected chi connectivity index (χ2v) is 10.4. The summed E-state index contributed by atoms with van der Waals surface area (Å²) in [4.78, 5) is 59.2. The summed E-state index contributed by atoms with van der Waals surface area (Å²) >= 11 is 0. The van der Waals surface area contributed by atoms with E-state index in [2.05, 4.69) is 10.3 Å². The van der Waals surface area contributed by atoms with Crippen LogP contribution in [0.2, 0.25) is 0 Å². The predicted octanol–water partition coefficient (Wildman–Crippen LogP) is 3.22. The fraction of sp³-hybridized carbons (Fsp3) is 0.226. The molecule has 6 rings (SSSR count). The van der Waals surface area contributed by atoms with Crippen LogP contribution in [0, 0.1) is 0 Å². The Bertz CT molecular complexity index is 1750. The van der Waals surface area contributed by atoms with E-state index in [1.54, 1.807) is 25.3 Å². The molecule has 4 aromatic rings. The lowest BCUT2D eigenvalue weighted by Gasteiger charge is -2.36. The number of carboxylic acid groups (broad SMARTS) is 1. The number of aromatic nitrogens is 1. The molecule has 0 aliphatic carbocycles. The van der Waals surface area contributed by atoms with Crippen molar-refractivity contribution in [1.29, 1.82) is 0 Å². The van der Waals surface area contributed by atoms with E-state index >= 15 is 0 Å². The lowest BCUT2D eigenvalue weighted by Crippen LogP contribution is -2.48. The number of methoxy groups -OCH3 is 1. The highest BCUT2D eigenvalue weighted by molar-refractivity contribution is 6.24. The number of nitrogens with one attached hydrogen (secondary N) is 2. The number of H-pyrrole nitrogens is 1. The Balaban J connectivity index is 1.45. The number of aliphatic hydroxyl groups is 1. The number of hydrogen-bond donors (Lipinski definition) is 4. The van der Waals surface area contributed by atoms with E-state index < -0.39 is 48.0 Å². The van der Waals surface area contributed by atoms with Crippen molar-refractivity contribution in [2.45, 2.75) is 37.6 Å². The lowest BCUT2D eigenvalue weighted by molar-refractivity contribution is -0.141. The summed E-state index contributed by atoms with van der Waals surface area (Å²) in [6.45, 7) is 1.24. The number of fused-ring (bicyclic) bond motifs is 4. The fourth-order valence-electron chi connectivity index (χ4n) is 5.92. The summed E-state index contributed by atoms with van der Waals surface area (Å²) < 4.78 is 5.45. The van der Waals surface area contributed by atoms with Crippen LogP contribution in [-0.2, 0) is 16.0 Å². The van der Waals surface area contributed by atoms with Crippen LogP contribution in [0.15, 0.2) is 72.8 Å². The average molecular weight is 569 g/mol. The van der Waals surface area contributed by atoms with Crippen molar-refractivity contribution in [1.82, 2.24) is 15.2 Å². The van der Waals surface area contributed by atoms with Gasteiger partial charge in [-0.3, -0.25) is 14.5 Å². The maximum atomic E-state index is 14.2. The van der Waals surface area contributed by atoms with Gasteiger partial charge in [-0.25, -0.2) is 14.5 Å². The second kappa shape index (κ2) is 10.3. The first kappa shape index (κ1) is 27.0. The van der Waals surface area contributed by atoms with E-state index in [4.69, 9.17) is 4.74 Å². The molecule has 1 aromatic heterocycles. The number of carbonyl (C=O) groups is 4. The smallest absolute Gasteiger partial charge is 0.332 e. The second-order valence-electron chi connectivity index (χ2n) is 10.4. The standard InChI is InChI=1S/C31H28N4O7/c1-16(36)25(30(39)40)33-28(37)20-11-4-6-13-23(20)35-29(38)24-15-21-19-10-3-5-12-22(19)32-26(21)27(34(24)31(35)41)17-8-7-9-18(14-17)42-2/h3-14,16,24-25,27,32,36H,15H2,1-2H3,(H,33,37)(H,39,40)/t16-,24-,25+,27+/m0/s1. The van der Waals surface area contributed by atoms with Gasteiger partial charge in [-0.2, -0.15) is 0 Å². The molecule has 3 heterocycles. The van der Waals surface area contributed by atoms with E-state index in [1.165, 1.54) is 24.0 Å². The molecule has 4 N–H and O–H groups in total. The summed E-state index contributed by atoms with van der Waals surface area (Å²) in [5.74, 6) is -2.18. The van der Waals surface area contributed by atoms with E-state index in [1.807, 2.05) is 42.5 Å². The Morgan fingerprint density at radius 2 is 1.79 bits per heavy atom. The van der Waals surface area contributed by atoms with E-state index in [0.717, 1.165) is 32.6 Å². The Morgan fingerprint density at radius 1 is 1.05 bits per heavy atom. The minimum Gasteiger partial charge on any atom is -0.497 e. The number of amides is 4. The van der Waals surface area contributed by atoms with Crippen LogP contribution in [0.5, 0.6) is 5.75 Å². The number of para-hydroxylation sites is 2. The molecule has 0 bridgehead atoms. The van der Waals surface area contributed by atoms with Crippen LogP contribution in [0.1, 0.15) is 40.1 Å². The molecule has 0 radical (unpaired) electrons. The highest BCUT2D eigenvalue weighted by Crippen LogP contribution is 2.45. The summed E-state index contributed by atoms with van der Waals surface area (Å²) in [5, 5.41) is 22.6. The van der Waals surface area contributed by atoms with E-state index in [0.29, 0.717) is 5.75 Å². The first-order chi connectivity index (χ1) is 20.2. The van der Waals surface area contributed by atoms with Crippen LogP contribution >= 0.6 is 0 Å². The third-order valence-electron chi connectivity index (χ3n) is 7.88. The molecule has 0 spiro atoms. The van der Waals surface area contributed by atoms with Gasteiger partial charge in [0.1, 0.15) is 17.8 Å². The molecule has 2 aliphatic rings. The third-order valence-corrected chi connectivity index (χ3v) is 7.88. The van der Waals surface area contributed by atoms with Gasteiger partial charge in [0.25, 0.3) is 11.8 Å². The van der Waals surface area contributed by atoms with Crippen LogP contribution in [0.3, 0.4) is 0 Å². The number of anilines is 1. The normalized spacial score (nSPS) is 19.3. The summed E-state index contributed by atoms with van der Waals surface area (Å²) in [7, 11) is 1.55. The van der Waals surface area contributed by atoms with Crippen molar-refractivity contribution in [3.63, 3.8) is 0 Å². The Morgan fingerprint density at radius 3 is 2.52 bits per heavy atom. The largest absolute Gasteiger partial charge is 0.497 e. The van der Waals surface area contributed by atoms with Gasteiger partial charge in [0.05, 0.1) is 24.5 Å². The molecular formula is C31H28N4O7. The van der Waals surface area contributed by atoms with Crippen molar-refractivity contribution in [2.24, 2.45) is 0 Å². The molecule has 11 heteroatoms. The number of aliphatic hydroxyl groups excluding tert-OH is 1. The van der Waals surface area contributed by atoms with Gasteiger partial charge in [0.15, 0.2) is 6.04 Å². The number of aromatic amines is 1. The van der Waals surface area contributed by atoms with Gasteiger partial charge in [-0.15, -0.1) is 0 Å². The summed E-state index contributed by atoms with van der Waals surface area (Å²) in [6, 6.07) is 17.4. The van der Waals surface area contributed by atoms with Crippen molar-refractivity contribution < 1.29 is 34.1 Å². The molecule has 4 amide bonds. The van der Waals surface area contributed by atoms with Crippen molar-refractivity contribution >= 4 is 40.4 Å². The highest BCUT2D eigenvalue weighted by Gasteiger charge is 2.53. The monoisotopic (exact) mass is 568 g/mol. The minimum atomic E-state index is -1.59. The van der Waals surface area contributed by atoms with Gasteiger partial charge in [0, 0.05) is 23.0 Å². The van der Waals surface area contributed by atoms with Gasteiger partial charge in [0.2, 0.25) is 0 Å². The number of urea groups is 1. The van der Waals surface area contributed by atoms with Gasteiger partial charge in [-0.1, -0.05) is 42.5 Å². The SMILES string of the molecule is COc1cccc([C@@H]2c3[nH]c4ccccc4c3C[C@H]3C(=O)N(c4ccccc4C(=O)N[C@@H](C(=O)O)[C@H](C)O)C(=O)N23)c1. The number of imide groups is 1. The zero-order valence-electron chi connectivity index (χ0n) is 22.8. The number of ether oxygens (including phenoxy) is 1. The quantitative estimate of drug-likeness (QED) is 0.250. The van der Waals surface area contributed by atoms with Crippen LogP contribution < -0.4 is 15.0 Å². The molecule has 0 unspecified atom stereocenters. The fourth-order valence-corrected chi connectivity index (χ4v) is 5.92. The number of aliphatic carboxylic acids is 1. The number of nitrogens with zero attached hydrogens (tertiary/aromatic N) is 2. The number of benzene rings is 3. The van der Waals surface area contributed by atoms with Crippen LogP contribution in [-0.4, -0.2) is 69.2 Å². The molecule has 11 nitrogen and oxygen atoms in total. The molecule has 3 aromatic carbocycles. The first-order valence-electron chi connectivity index (χ1n) is 13.4. The van der Waals surface area contributed by atoms with Gasteiger partial charge < -0.3 is 25.3 Å². The number of carboxylic acids is 1. The van der Waals surface area contributed by atoms with E-state index in [9.17, 15) is 29.4 Å². The summed E-state index contributed by atoms with van der Waals surface area (Å²) in [6.07, 6.45) is -1.12. The van der Waals surface area contributed by atoms with Crippen molar-refractivity contribution in [3.05, 3.63) is 95.2 Å². The van der Waals surface area contributed by atoms with Crippen molar-refractivity contribution in [2.75, 3.05) is 12.0 Å². The molecule has 0 saturated carbocycles. The molecule has 2 aliphatic heterocycles. The van der Waals surface area contributed by atoms with E-state index in [-0.39, 0.29) is 17.7 Å². The maximum absolute atomic E-state index is 14.2. The lowest BCUT2D eigenvalue weighted by atomic mass is 9.89. The predicted molar refractivity (Wildman–Crippen MR) is 152 cm³/mol. The molecule has 4 atom stereocenters. The topological polar surface area (TPSA) is 152 Å². The zero-order chi connectivity index (χ0) is 29.7. The van der Waals surface area contributed by atoms with Crippen LogP contribution in [0.25, 0.3) is 10.9 Å². The highest BCUT2D eigenvalue weighted by atomic mass is 16.5. The Hall–Kier alpha value is -5.16. The van der Waals surface area contributed by atoms with Crippen molar-refractivity contribution in [3.8, 4) is 5.75 Å². The van der Waals surface area contributed by atoms with Crippen LogP contribution in [0.4, 0.5) is 10.5 Å². The molecular weight excluding hydrogens is 540 g/mol. The number of hydrogen-bond acceptors (Lipinski definition) is 6. The molecule has 1 saturated heterocycles. The molecule has 1 fully saturated rings.